The molecule has 1 aliphatic rings. The molecule has 2 atom stereocenters. The van der Waals surface area contributed by atoms with Gasteiger partial charge in [0.05, 0.1) is 0 Å². The molecule has 3 amide bonds. The third-order valence-electron chi connectivity index (χ3n) is 7.45. The Balaban J connectivity index is 1.25. The molecular formula is C32H35N5O3. The van der Waals surface area contributed by atoms with Gasteiger partial charge in [-0.2, -0.15) is 0 Å². The first-order valence-corrected chi connectivity index (χ1v) is 13.6. The zero-order valence-corrected chi connectivity index (χ0v) is 23.3. The summed E-state index contributed by atoms with van der Waals surface area (Å²) in [4.78, 5) is 51.3. The van der Waals surface area contributed by atoms with E-state index in [4.69, 9.17) is 0 Å². The summed E-state index contributed by atoms with van der Waals surface area (Å²) in [6.07, 6.45) is 1.72. The van der Waals surface area contributed by atoms with E-state index in [-0.39, 0.29) is 23.8 Å². The number of hydrogen-bond acceptors (Lipinski definition) is 4. The van der Waals surface area contributed by atoms with Crippen molar-refractivity contribution in [1.29, 1.82) is 0 Å². The number of rotatable bonds is 5. The minimum atomic E-state index is -0.733. The highest BCUT2D eigenvalue weighted by molar-refractivity contribution is 6.00. The van der Waals surface area contributed by atoms with Crippen LogP contribution in [0.25, 0.3) is 22.0 Å². The van der Waals surface area contributed by atoms with Crippen LogP contribution < -0.4 is 5.32 Å². The summed E-state index contributed by atoms with van der Waals surface area (Å²) in [5, 5.41) is 3.91. The Labute approximate surface area is 234 Å². The molecule has 5 rings (SSSR count). The summed E-state index contributed by atoms with van der Waals surface area (Å²) >= 11 is 0. The van der Waals surface area contributed by atoms with Crippen molar-refractivity contribution in [3.8, 4) is 11.1 Å². The minimum absolute atomic E-state index is 0.151. The van der Waals surface area contributed by atoms with Gasteiger partial charge in [-0.3, -0.25) is 19.4 Å². The molecule has 206 valence electrons. The van der Waals surface area contributed by atoms with E-state index in [1.807, 2.05) is 88.4 Å². The number of piperazine rings is 1. The number of aromatic amines is 1. The number of pyridine rings is 1. The highest BCUT2D eigenvalue weighted by Crippen LogP contribution is 2.25. The third-order valence-corrected chi connectivity index (χ3v) is 7.45. The second-order valence-corrected chi connectivity index (χ2v) is 11.5. The topological polar surface area (TPSA) is 98.4 Å². The fourth-order valence-corrected chi connectivity index (χ4v) is 5.17. The summed E-state index contributed by atoms with van der Waals surface area (Å²) in [7, 11) is 0. The first-order valence-electron chi connectivity index (χ1n) is 13.6. The van der Waals surface area contributed by atoms with Gasteiger partial charge in [0.2, 0.25) is 5.91 Å². The van der Waals surface area contributed by atoms with Gasteiger partial charge in [-0.15, -0.1) is 0 Å². The SMILES string of the molecule is CC1CN(C(=O)c2ccc(-c3ccccc3)cn2)CCN1C(=O)C(NC(=O)c1cc2ccccc2[nH]1)C(C)(C)C. The Morgan fingerprint density at radius 2 is 1.68 bits per heavy atom. The maximum Gasteiger partial charge on any atom is 0.272 e. The number of aromatic nitrogens is 2. The fourth-order valence-electron chi connectivity index (χ4n) is 5.17. The van der Waals surface area contributed by atoms with Crippen molar-refractivity contribution in [2.45, 2.75) is 39.8 Å². The number of carbonyl (C=O) groups is 3. The molecule has 0 saturated carbocycles. The van der Waals surface area contributed by atoms with Crippen molar-refractivity contribution in [3.63, 3.8) is 0 Å². The van der Waals surface area contributed by atoms with E-state index < -0.39 is 11.5 Å². The Bertz CT molecular complexity index is 1490. The first-order chi connectivity index (χ1) is 19.1. The summed E-state index contributed by atoms with van der Waals surface area (Å²) < 4.78 is 0. The van der Waals surface area contributed by atoms with Crippen LogP contribution in [-0.4, -0.2) is 69.2 Å². The van der Waals surface area contributed by atoms with Crippen LogP contribution in [-0.2, 0) is 4.79 Å². The van der Waals surface area contributed by atoms with Crippen LogP contribution in [0.4, 0.5) is 0 Å². The Kier molecular flexibility index (Phi) is 7.43. The van der Waals surface area contributed by atoms with Gasteiger partial charge in [0, 0.05) is 48.3 Å². The normalized spacial score (nSPS) is 16.6. The van der Waals surface area contributed by atoms with Gasteiger partial charge in [-0.1, -0.05) is 75.4 Å². The lowest BCUT2D eigenvalue weighted by atomic mass is 9.85. The predicted octanol–water partition coefficient (Wildman–Crippen LogP) is 4.75. The molecule has 0 spiro atoms. The average molecular weight is 538 g/mol. The number of H-pyrrole nitrogens is 1. The van der Waals surface area contributed by atoms with E-state index in [9.17, 15) is 14.4 Å². The molecule has 1 saturated heterocycles. The van der Waals surface area contributed by atoms with Gasteiger partial charge in [0.25, 0.3) is 11.8 Å². The van der Waals surface area contributed by atoms with Crippen LogP contribution in [0.3, 0.4) is 0 Å². The average Bonchev–Trinajstić information content (AvgIpc) is 3.40. The third kappa shape index (κ3) is 5.61. The van der Waals surface area contributed by atoms with E-state index in [1.54, 1.807) is 28.1 Å². The van der Waals surface area contributed by atoms with Crippen LogP contribution in [0.1, 0.15) is 48.7 Å². The Morgan fingerprint density at radius 3 is 2.33 bits per heavy atom. The summed E-state index contributed by atoms with van der Waals surface area (Å²) in [6.45, 7) is 8.91. The molecular weight excluding hydrogens is 502 g/mol. The van der Waals surface area contributed by atoms with Crippen molar-refractivity contribution in [2.75, 3.05) is 19.6 Å². The van der Waals surface area contributed by atoms with E-state index >= 15 is 0 Å². The lowest BCUT2D eigenvalue weighted by Gasteiger charge is -2.43. The van der Waals surface area contributed by atoms with Crippen molar-refractivity contribution in [2.24, 2.45) is 5.41 Å². The van der Waals surface area contributed by atoms with Gasteiger partial charge in [-0.25, -0.2) is 0 Å². The molecule has 2 aromatic carbocycles. The van der Waals surface area contributed by atoms with Crippen molar-refractivity contribution >= 4 is 28.6 Å². The van der Waals surface area contributed by atoms with Crippen molar-refractivity contribution in [3.05, 3.63) is 90.4 Å². The number of benzene rings is 2. The Morgan fingerprint density at radius 1 is 0.950 bits per heavy atom. The molecule has 2 aromatic heterocycles. The molecule has 2 unspecified atom stereocenters. The Hall–Kier alpha value is -4.46. The number of hydrogen-bond donors (Lipinski definition) is 2. The van der Waals surface area contributed by atoms with Crippen molar-refractivity contribution < 1.29 is 14.4 Å². The standard InChI is InChI=1S/C32H35N5O3/c1-21-20-36(30(39)26-15-14-24(19-33-26)22-10-6-5-7-11-22)16-17-37(21)31(40)28(32(2,3)4)35-29(38)27-18-23-12-8-9-13-25(23)34-27/h5-15,18-19,21,28,34H,16-17,20H2,1-4H3,(H,35,38). The number of amides is 3. The number of nitrogens with zero attached hydrogens (tertiary/aromatic N) is 3. The molecule has 1 fully saturated rings. The van der Waals surface area contributed by atoms with E-state index in [2.05, 4.69) is 15.3 Å². The molecule has 2 N–H and O–H groups in total. The highest BCUT2D eigenvalue weighted by atomic mass is 16.2. The largest absolute Gasteiger partial charge is 0.351 e. The minimum Gasteiger partial charge on any atom is -0.351 e. The number of nitrogens with one attached hydrogen (secondary N) is 2. The molecule has 8 nitrogen and oxygen atoms in total. The first kappa shape index (κ1) is 27.1. The fraction of sp³-hybridized carbons (Fsp3) is 0.312. The lowest BCUT2D eigenvalue weighted by molar-refractivity contribution is -0.140. The van der Waals surface area contributed by atoms with Gasteiger partial charge < -0.3 is 20.1 Å². The van der Waals surface area contributed by atoms with Crippen molar-refractivity contribution in [1.82, 2.24) is 25.1 Å². The maximum absolute atomic E-state index is 13.8. The van der Waals surface area contributed by atoms with Crippen LogP contribution >= 0.6 is 0 Å². The van der Waals surface area contributed by atoms with E-state index in [0.717, 1.165) is 22.0 Å². The highest BCUT2D eigenvalue weighted by Gasteiger charge is 2.39. The van der Waals surface area contributed by atoms with Crippen LogP contribution in [0.2, 0.25) is 0 Å². The van der Waals surface area contributed by atoms with Crippen LogP contribution in [0, 0.1) is 5.41 Å². The maximum atomic E-state index is 13.8. The molecule has 3 heterocycles. The molecule has 0 bridgehead atoms. The van der Waals surface area contributed by atoms with Gasteiger partial charge >= 0.3 is 0 Å². The van der Waals surface area contributed by atoms with Crippen LogP contribution in [0.5, 0.6) is 0 Å². The number of carbonyl (C=O) groups excluding carboxylic acids is 3. The summed E-state index contributed by atoms with van der Waals surface area (Å²) in [5.74, 6) is -0.629. The predicted molar refractivity (Wildman–Crippen MR) is 156 cm³/mol. The molecule has 4 aromatic rings. The quantitative estimate of drug-likeness (QED) is 0.384. The summed E-state index contributed by atoms with van der Waals surface area (Å²) in [5.41, 5.74) is 3.13. The van der Waals surface area contributed by atoms with Crippen LogP contribution in [0.15, 0.2) is 79.0 Å². The molecule has 0 radical (unpaired) electrons. The van der Waals surface area contributed by atoms with Gasteiger partial charge in [0.1, 0.15) is 17.4 Å². The monoisotopic (exact) mass is 537 g/mol. The smallest absolute Gasteiger partial charge is 0.272 e. The second kappa shape index (κ2) is 11.0. The number of fused-ring (bicyclic) bond motifs is 1. The molecule has 0 aliphatic carbocycles. The lowest BCUT2D eigenvalue weighted by Crippen LogP contribution is -2.62. The number of para-hydroxylation sites is 1. The zero-order chi connectivity index (χ0) is 28.4. The van der Waals surface area contributed by atoms with Gasteiger partial charge in [0.15, 0.2) is 0 Å². The van der Waals surface area contributed by atoms with E-state index in [1.165, 1.54) is 0 Å². The summed E-state index contributed by atoms with van der Waals surface area (Å²) in [6, 6.07) is 22.1. The molecule has 8 heteroatoms. The van der Waals surface area contributed by atoms with Gasteiger partial charge in [-0.05, 0) is 36.1 Å². The molecule has 1 aliphatic heterocycles. The molecule has 40 heavy (non-hydrogen) atoms. The zero-order valence-electron chi connectivity index (χ0n) is 23.3. The van der Waals surface area contributed by atoms with E-state index in [0.29, 0.717) is 31.0 Å². The second-order valence-electron chi connectivity index (χ2n) is 11.5.